The summed E-state index contributed by atoms with van der Waals surface area (Å²) in [5.41, 5.74) is 1.85. The van der Waals surface area contributed by atoms with Crippen LogP contribution >= 0.6 is 11.8 Å². The normalized spacial score (nSPS) is 10.4. The molecular formula is C19H23NOS. The fourth-order valence-electron chi connectivity index (χ4n) is 2.09. The first-order chi connectivity index (χ1) is 10.8. The molecular weight excluding hydrogens is 290 g/mol. The largest absolute Gasteiger partial charge is 0.385 e. The number of ketones is 1. The quantitative estimate of drug-likeness (QED) is 0.389. The second-order valence-electron chi connectivity index (χ2n) is 5.19. The zero-order chi connectivity index (χ0) is 15.6. The fraction of sp³-hybridized carbons (Fsp3) is 0.316. The first-order valence-corrected chi connectivity index (χ1v) is 8.83. The molecule has 116 valence electrons. The third kappa shape index (κ3) is 5.57. The molecule has 0 spiro atoms. The summed E-state index contributed by atoms with van der Waals surface area (Å²) < 4.78 is 0. The monoisotopic (exact) mass is 313 g/mol. The van der Waals surface area contributed by atoms with Gasteiger partial charge in [-0.2, -0.15) is 0 Å². The summed E-state index contributed by atoms with van der Waals surface area (Å²) in [5, 5.41) is 3.31. The molecule has 0 aliphatic rings. The smallest absolute Gasteiger partial charge is 0.164 e. The second kappa shape index (κ2) is 9.31. The van der Waals surface area contributed by atoms with Gasteiger partial charge in [-0.1, -0.05) is 43.7 Å². The average molecular weight is 313 g/mol. The Bertz CT molecular complexity index is 566. The van der Waals surface area contributed by atoms with E-state index in [4.69, 9.17) is 0 Å². The van der Waals surface area contributed by atoms with Crippen molar-refractivity contribution in [3.05, 3.63) is 60.2 Å². The van der Waals surface area contributed by atoms with Crippen LogP contribution in [-0.4, -0.2) is 18.1 Å². The van der Waals surface area contributed by atoms with Gasteiger partial charge >= 0.3 is 0 Å². The number of benzene rings is 2. The predicted molar refractivity (Wildman–Crippen MR) is 96.0 cm³/mol. The van der Waals surface area contributed by atoms with Crippen LogP contribution in [0, 0.1) is 0 Å². The van der Waals surface area contributed by atoms with Crippen molar-refractivity contribution in [2.75, 3.05) is 17.6 Å². The van der Waals surface area contributed by atoms with Crippen LogP contribution in [0.5, 0.6) is 0 Å². The molecule has 0 aromatic heterocycles. The SMILES string of the molecule is CCCCSc1ccc(NCCC(=O)c2ccccc2)cc1. The molecule has 0 saturated carbocycles. The van der Waals surface area contributed by atoms with Gasteiger partial charge < -0.3 is 5.32 Å². The number of nitrogens with one attached hydrogen (secondary N) is 1. The summed E-state index contributed by atoms with van der Waals surface area (Å²) >= 11 is 1.90. The van der Waals surface area contributed by atoms with Gasteiger partial charge in [0.15, 0.2) is 5.78 Å². The lowest BCUT2D eigenvalue weighted by atomic mass is 10.1. The molecule has 0 radical (unpaired) electrons. The van der Waals surface area contributed by atoms with E-state index in [1.54, 1.807) is 0 Å². The number of carbonyl (C=O) groups excluding carboxylic acids is 1. The van der Waals surface area contributed by atoms with E-state index in [0.29, 0.717) is 13.0 Å². The molecule has 0 unspecified atom stereocenters. The van der Waals surface area contributed by atoms with Crippen LogP contribution in [0.4, 0.5) is 5.69 Å². The average Bonchev–Trinajstić information content (AvgIpc) is 2.57. The van der Waals surface area contributed by atoms with Gasteiger partial charge in [-0.3, -0.25) is 4.79 Å². The third-order valence-electron chi connectivity index (χ3n) is 3.40. The van der Waals surface area contributed by atoms with E-state index >= 15 is 0 Å². The molecule has 22 heavy (non-hydrogen) atoms. The molecule has 0 aliphatic heterocycles. The summed E-state index contributed by atoms with van der Waals surface area (Å²) in [5.74, 6) is 1.36. The molecule has 0 fully saturated rings. The van der Waals surface area contributed by atoms with E-state index in [1.807, 2.05) is 42.1 Å². The van der Waals surface area contributed by atoms with Crippen molar-refractivity contribution >= 4 is 23.2 Å². The summed E-state index contributed by atoms with van der Waals surface area (Å²) in [6.45, 7) is 2.88. The number of anilines is 1. The molecule has 0 atom stereocenters. The standard InChI is InChI=1S/C19H23NOS/c1-2-3-15-22-18-11-9-17(10-12-18)20-14-13-19(21)16-7-5-4-6-8-16/h4-12,20H,2-3,13-15H2,1H3. The molecule has 0 bridgehead atoms. The molecule has 2 aromatic rings. The molecule has 2 aromatic carbocycles. The van der Waals surface area contributed by atoms with Crippen molar-refractivity contribution in [2.24, 2.45) is 0 Å². The Kier molecular flexibility index (Phi) is 7.04. The van der Waals surface area contributed by atoms with Gasteiger partial charge in [0.05, 0.1) is 0 Å². The Morgan fingerprint density at radius 3 is 2.45 bits per heavy atom. The lowest BCUT2D eigenvalue weighted by Crippen LogP contribution is -2.08. The number of thioether (sulfide) groups is 1. The van der Waals surface area contributed by atoms with Crippen LogP contribution < -0.4 is 5.32 Å². The zero-order valence-electron chi connectivity index (χ0n) is 13.0. The van der Waals surface area contributed by atoms with Crippen molar-refractivity contribution in [3.63, 3.8) is 0 Å². The van der Waals surface area contributed by atoms with Crippen LogP contribution in [0.1, 0.15) is 36.5 Å². The minimum atomic E-state index is 0.180. The molecule has 1 N–H and O–H groups in total. The Morgan fingerprint density at radius 2 is 1.77 bits per heavy atom. The lowest BCUT2D eigenvalue weighted by molar-refractivity contribution is 0.0986. The molecule has 3 heteroatoms. The predicted octanol–water partition coefficient (Wildman–Crippen LogP) is 5.26. The number of unbranched alkanes of at least 4 members (excludes halogenated alkanes) is 1. The summed E-state index contributed by atoms with van der Waals surface area (Å²) in [4.78, 5) is 13.3. The van der Waals surface area contributed by atoms with Crippen molar-refractivity contribution in [3.8, 4) is 0 Å². The molecule has 2 rings (SSSR count). The van der Waals surface area contributed by atoms with E-state index in [0.717, 1.165) is 11.3 Å². The van der Waals surface area contributed by atoms with E-state index in [1.165, 1.54) is 23.5 Å². The first-order valence-electron chi connectivity index (χ1n) is 7.84. The number of carbonyl (C=O) groups is 1. The van der Waals surface area contributed by atoms with E-state index in [2.05, 4.69) is 36.5 Å². The summed E-state index contributed by atoms with van der Waals surface area (Å²) in [6, 6.07) is 17.9. The van der Waals surface area contributed by atoms with Crippen LogP contribution in [0.2, 0.25) is 0 Å². The molecule has 0 heterocycles. The highest BCUT2D eigenvalue weighted by molar-refractivity contribution is 7.99. The summed E-state index contributed by atoms with van der Waals surface area (Å²) in [6.07, 6.45) is 3.01. The molecule has 0 amide bonds. The van der Waals surface area contributed by atoms with Gasteiger partial charge in [0, 0.05) is 29.1 Å². The maximum atomic E-state index is 12.0. The first kappa shape index (κ1) is 16.6. The number of hydrogen-bond donors (Lipinski definition) is 1. The van der Waals surface area contributed by atoms with Crippen LogP contribution in [0.15, 0.2) is 59.5 Å². The highest BCUT2D eigenvalue weighted by Gasteiger charge is 2.04. The Morgan fingerprint density at radius 1 is 1.05 bits per heavy atom. The van der Waals surface area contributed by atoms with Crippen LogP contribution in [0.3, 0.4) is 0 Å². The van der Waals surface area contributed by atoms with Crippen molar-refractivity contribution in [1.82, 2.24) is 0 Å². The maximum Gasteiger partial charge on any atom is 0.164 e. The van der Waals surface area contributed by atoms with E-state index < -0.39 is 0 Å². The van der Waals surface area contributed by atoms with Crippen LogP contribution in [0.25, 0.3) is 0 Å². The van der Waals surface area contributed by atoms with Gasteiger partial charge in [-0.15, -0.1) is 11.8 Å². The highest BCUT2D eigenvalue weighted by Crippen LogP contribution is 2.21. The maximum absolute atomic E-state index is 12.0. The van der Waals surface area contributed by atoms with Gasteiger partial charge in [0.1, 0.15) is 0 Å². The third-order valence-corrected chi connectivity index (χ3v) is 4.50. The van der Waals surface area contributed by atoms with Gasteiger partial charge in [-0.25, -0.2) is 0 Å². The van der Waals surface area contributed by atoms with E-state index in [9.17, 15) is 4.79 Å². The zero-order valence-corrected chi connectivity index (χ0v) is 13.9. The van der Waals surface area contributed by atoms with E-state index in [-0.39, 0.29) is 5.78 Å². The Balaban J connectivity index is 1.74. The van der Waals surface area contributed by atoms with Gasteiger partial charge in [-0.05, 0) is 36.4 Å². The van der Waals surface area contributed by atoms with Crippen molar-refractivity contribution < 1.29 is 4.79 Å². The lowest BCUT2D eigenvalue weighted by Gasteiger charge is -2.07. The summed E-state index contributed by atoms with van der Waals surface area (Å²) in [7, 11) is 0. The Hall–Kier alpha value is -1.74. The minimum absolute atomic E-state index is 0.180. The topological polar surface area (TPSA) is 29.1 Å². The number of Topliss-reactive ketones (excluding diaryl/α,β-unsaturated/α-hetero) is 1. The van der Waals surface area contributed by atoms with Crippen molar-refractivity contribution in [2.45, 2.75) is 31.1 Å². The fourth-order valence-corrected chi connectivity index (χ4v) is 3.09. The molecule has 2 nitrogen and oxygen atoms in total. The van der Waals surface area contributed by atoms with Crippen LogP contribution in [-0.2, 0) is 0 Å². The minimum Gasteiger partial charge on any atom is -0.385 e. The van der Waals surface area contributed by atoms with Crippen molar-refractivity contribution in [1.29, 1.82) is 0 Å². The number of hydrogen-bond acceptors (Lipinski definition) is 3. The van der Waals surface area contributed by atoms with Gasteiger partial charge in [0.2, 0.25) is 0 Å². The second-order valence-corrected chi connectivity index (χ2v) is 6.36. The number of rotatable bonds is 9. The Labute approximate surface area is 137 Å². The molecule has 0 aliphatic carbocycles. The highest BCUT2D eigenvalue weighted by atomic mass is 32.2. The van der Waals surface area contributed by atoms with Gasteiger partial charge in [0.25, 0.3) is 0 Å². The molecule has 0 saturated heterocycles.